The predicted octanol–water partition coefficient (Wildman–Crippen LogP) is 2.01. The Morgan fingerprint density at radius 1 is 1.44 bits per heavy atom. The molecule has 1 fully saturated rings. The van der Waals surface area contributed by atoms with Gasteiger partial charge in [0.25, 0.3) is 0 Å². The van der Waals surface area contributed by atoms with Gasteiger partial charge >= 0.3 is 0 Å². The number of rotatable bonds is 3. The normalized spacial score (nSPS) is 18.9. The van der Waals surface area contributed by atoms with E-state index in [2.05, 4.69) is 5.32 Å². The third-order valence-corrected chi connectivity index (χ3v) is 3.21. The van der Waals surface area contributed by atoms with E-state index in [4.69, 9.17) is 17.3 Å². The Balaban J connectivity index is 2.00. The summed E-state index contributed by atoms with van der Waals surface area (Å²) in [5.41, 5.74) is 6.23. The zero-order valence-corrected chi connectivity index (χ0v) is 9.92. The van der Waals surface area contributed by atoms with Crippen LogP contribution in [0.2, 0.25) is 5.02 Å². The first kappa shape index (κ1) is 11.4. The average molecular weight is 239 g/mol. The molecule has 3 nitrogen and oxygen atoms in total. The Kier molecular flexibility index (Phi) is 2.91. The van der Waals surface area contributed by atoms with Gasteiger partial charge in [-0.3, -0.25) is 4.79 Å². The molecule has 4 heteroatoms. The summed E-state index contributed by atoms with van der Waals surface area (Å²) in [6.07, 6.45) is 1.57. The lowest BCUT2D eigenvalue weighted by atomic mass is 10.1. The van der Waals surface area contributed by atoms with Crippen LogP contribution in [0.4, 0.5) is 0 Å². The van der Waals surface area contributed by atoms with Gasteiger partial charge in [0.15, 0.2) is 0 Å². The zero-order chi connectivity index (χ0) is 11.8. The fourth-order valence-electron chi connectivity index (χ4n) is 1.54. The highest BCUT2D eigenvalue weighted by Gasteiger charge is 2.46. The first-order valence-corrected chi connectivity index (χ1v) is 5.74. The molecule has 16 heavy (non-hydrogen) atoms. The van der Waals surface area contributed by atoms with Gasteiger partial charge in [-0.2, -0.15) is 0 Å². The van der Waals surface area contributed by atoms with Crippen LogP contribution in [0.3, 0.4) is 0 Å². The van der Waals surface area contributed by atoms with E-state index in [1.165, 1.54) is 0 Å². The Bertz CT molecular complexity index is 398. The van der Waals surface area contributed by atoms with Crippen LogP contribution in [0.5, 0.6) is 0 Å². The number of hydrogen-bond donors (Lipinski definition) is 2. The molecule has 1 aliphatic rings. The van der Waals surface area contributed by atoms with Crippen LogP contribution in [0.25, 0.3) is 0 Å². The molecule has 3 N–H and O–H groups in total. The molecule has 0 aromatic heterocycles. The highest BCUT2D eigenvalue weighted by atomic mass is 35.5. The smallest absolute Gasteiger partial charge is 0.240 e. The molecular formula is C12H15ClN2O. The standard InChI is InChI=1S/C12H15ClN2O/c1-8(9-2-4-10(13)5-3-9)15-11(16)12(14)6-7-12/h2-5,8H,6-7,14H2,1H3,(H,15,16). The fourth-order valence-corrected chi connectivity index (χ4v) is 1.66. The van der Waals surface area contributed by atoms with Crippen molar-refractivity contribution in [2.75, 3.05) is 0 Å². The summed E-state index contributed by atoms with van der Waals surface area (Å²) in [6.45, 7) is 1.94. The van der Waals surface area contributed by atoms with E-state index < -0.39 is 5.54 Å². The molecule has 1 saturated carbocycles. The van der Waals surface area contributed by atoms with Gasteiger partial charge in [-0.15, -0.1) is 0 Å². The fraction of sp³-hybridized carbons (Fsp3) is 0.417. The maximum Gasteiger partial charge on any atom is 0.240 e. The summed E-state index contributed by atoms with van der Waals surface area (Å²) in [5, 5.41) is 3.61. The predicted molar refractivity (Wildman–Crippen MR) is 64.2 cm³/mol. The molecule has 86 valence electrons. The first-order valence-electron chi connectivity index (χ1n) is 5.36. The third-order valence-electron chi connectivity index (χ3n) is 2.96. The van der Waals surface area contributed by atoms with Gasteiger partial charge in [0.05, 0.1) is 11.6 Å². The Morgan fingerprint density at radius 3 is 2.50 bits per heavy atom. The largest absolute Gasteiger partial charge is 0.348 e. The second-order valence-corrected chi connectivity index (χ2v) is 4.84. The van der Waals surface area contributed by atoms with E-state index in [0.717, 1.165) is 18.4 Å². The summed E-state index contributed by atoms with van der Waals surface area (Å²) in [6, 6.07) is 7.40. The number of benzene rings is 1. The molecule has 0 bridgehead atoms. The van der Waals surface area contributed by atoms with E-state index >= 15 is 0 Å². The molecule has 0 heterocycles. The molecular weight excluding hydrogens is 224 g/mol. The lowest BCUT2D eigenvalue weighted by Crippen LogP contribution is -2.43. The summed E-state index contributed by atoms with van der Waals surface area (Å²) in [5.74, 6) is -0.0602. The monoisotopic (exact) mass is 238 g/mol. The van der Waals surface area contributed by atoms with E-state index in [9.17, 15) is 4.79 Å². The van der Waals surface area contributed by atoms with Crippen molar-refractivity contribution in [2.24, 2.45) is 5.73 Å². The van der Waals surface area contributed by atoms with Crippen LogP contribution in [0.1, 0.15) is 31.4 Å². The minimum atomic E-state index is -0.610. The van der Waals surface area contributed by atoms with Gasteiger partial charge in [-0.05, 0) is 37.5 Å². The van der Waals surface area contributed by atoms with Crippen LogP contribution < -0.4 is 11.1 Å². The Labute approximate surface area is 100.0 Å². The number of nitrogens with two attached hydrogens (primary N) is 1. The second-order valence-electron chi connectivity index (χ2n) is 4.40. The molecule has 0 radical (unpaired) electrons. The van der Waals surface area contributed by atoms with Gasteiger partial charge in [0.2, 0.25) is 5.91 Å². The van der Waals surface area contributed by atoms with Gasteiger partial charge in [-0.25, -0.2) is 0 Å². The van der Waals surface area contributed by atoms with Crippen molar-refractivity contribution in [3.63, 3.8) is 0 Å². The lowest BCUT2D eigenvalue weighted by Gasteiger charge is -2.17. The van der Waals surface area contributed by atoms with Crippen molar-refractivity contribution in [1.82, 2.24) is 5.32 Å². The molecule has 1 amide bonds. The summed E-state index contributed by atoms with van der Waals surface area (Å²) in [7, 11) is 0. The van der Waals surface area contributed by atoms with Crippen LogP contribution in [-0.2, 0) is 4.79 Å². The average Bonchev–Trinajstić information content (AvgIpc) is 2.99. The van der Waals surface area contributed by atoms with Crippen LogP contribution >= 0.6 is 11.6 Å². The van der Waals surface area contributed by atoms with Gasteiger partial charge in [0.1, 0.15) is 0 Å². The second kappa shape index (κ2) is 4.07. The maximum absolute atomic E-state index is 11.7. The van der Waals surface area contributed by atoms with Gasteiger partial charge in [-0.1, -0.05) is 23.7 Å². The number of hydrogen-bond acceptors (Lipinski definition) is 2. The van der Waals surface area contributed by atoms with Crippen molar-refractivity contribution in [3.05, 3.63) is 34.9 Å². The molecule has 2 rings (SSSR count). The summed E-state index contributed by atoms with van der Waals surface area (Å²) >= 11 is 5.80. The quantitative estimate of drug-likeness (QED) is 0.847. The van der Waals surface area contributed by atoms with Crippen LogP contribution in [0, 0.1) is 0 Å². The number of halogens is 1. The summed E-state index contributed by atoms with van der Waals surface area (Å²) in [4.78, 5) is 11.7. The number of carbonyl (C=O) groups is 1. The van der Waals surface area contributed by atoms with E-state index in [1.807, 2.05) is 31.2 Å². The lowest BCUT2D eigenvalue weighted by molar-refractivity contribution is -0.123. The minimum absolute atomic E-state index is 0.0363. The molecule has 1 aromatic rings. The third kappa shape index (κ3) is 2.36. The highest BCUT2D eigenvalue weighted by Crippen LogP contribution is 2.32. The van der Waals surface area contributed by atoms with Crippen molar-refractivity contribution < 1.29 is 4.79 Å². The number of carbonyl (C=O) groups excluding carboxylic acids is 1. The van der Waals surface area contributed by atoms with Gasteiger partial charge in [0, 0.05) is 5.02 Å². The first-order chi connectivity index (χ1) is 7.51. The molecule has 0 saturated heterocycles. The highest BCUT2D eigenvalue weighted by molar-refractivity contribution is 6.30. The number of nitrogens with one attached hydrogen (secondary N) is 1. The molecule has 1 atom stereocenters. The Hall–Kier alpha value is -1.06. The van der Waals surface area contributed by atoms with E-state index in [-0.39, 0.29) is 11.9 Å². The van der Waals surface area contributed by atoms with Crippen LogP contribution in [0.15, 0.2) is 24.3 Å². The van der Waals surface area contributed by atoms with Crippen molar-refractivity contribution in [2.45, 2.75) is 31.3 Å². The molecule has 0 spiro atoms. The van der Waals surface area contributed by atoms with Crippen molar-refractivity contribution in [1.29, 1.82) is 0 Å². The topological polar surface area (TPSA) is 55.1 Å². The molecule has 1 unspecified atom stereocenters. The maximum atomic E-state index is 11.7. The van der Waals surface area contributed by atoms with Crippen molar-refractivity contribution >= 4 is 17.5 Å². The molecule has 1 aliphatic carbocycles. The Morgan fingerprint density at radius 2 is 2.00 bits per heavy atom. The zero-order valence-electron chi connectivity index (χ0n) is 9.16. The van der Waals surface area contributed by atoms with Crippen LogP contribution in [-0.4, -0.2) is 11.4 Å². The van der Waals surface area contributed by atoms with E-state index in [1.54, 1.807) is 0 Å². The van der Waals surface area contributed by atoms with E-state index in [0.29, 0.717) is 5.02 Å². The summed E-state index contributed by atoms with van der Waals surface area (Å²) < 4.78 is 0. The minimum Gasteiger partial charge on any atom is -0.348 e. The SMILES string of the molecule is CC(NC(=O)C1(N)CC1)c1ccc(Cl)cc1. The molecule has 0 aliphatic heterocycles. The van der Waals surface area contributed by atoms with Crippen molar-refractivity contribution in [3.8, 4) is 0 Å². The molecule has 1 aromatic carbocycles. The van der Waals surface area contributed by atoms with Gasteiger partial charge < -0.3 is 11.1 Å². The number of amides is 1.